The molecule has 5 heteroatoms. The van der Waals surface area contributed by atoms with Crippen LogP contribution in [0.15, 0.2) is 200 Å². The summed E-state index contributed by atoms with van der Waals surface area (Å²) >= 11 is 0. The fourth-order valence-electron chi connectivity index (χ4n) is 8.79. The Morgan fingerprint density at radius 1 is 0.293 bits per heavy atom. The monoisotopic (exact) mass is 739 g/mol. The first kappa shape index (κ1) is 32.4. The molecule has 0 N–H and O–H groups in total. The van der Waals surface area contributed by atoms with Crippen LogP contribution in [-0.2, 0) is 0 Å². The maximum Gasteiger partial charge on any atom is 0.164 e. The predicted octanol–water partition coefficient (Wildman–Crippen LogP) is 13.4. The van der Waals surface area contributed by atoms with E-state index in [0.29, 0.717) is 17.5 Å². The van der Waals surface area contributed by atoms with Crippen LogP contribution < -0.4 is 0 Å². The lowest BCUT2D eigenvalue weighted by Crippen LogP contribution is -2.02. The summed E-state index contributed by atoms with van der Waals surface area (Å²) in [5, 5.41) is 9.77. The van der Waals surface area contributed by atoms with Crippen LogP contribution in [0.25, 0.3) is 111 Å². The maximum absolute atomic E-state index is 5.02. The van der Waals surface area contributed by atoms with E-state index in [1.807, 2.05) is 60.7 Å². The number of hydrogen-bond donors (Lipinski definition) is 0. The number of hydrogen-bond acceptors (Lipinski definition) is 3. The van der Waals surface area contributed by atoms with Crippen molar-refractivity contribution in [3.05, 3.63) is 200 Å². The minimum absolute atomic E-state index is 0.630. The van der Waals surface area contributed by atoms with E-state index in [4.69, 9.17) is 15.0 Å². The zero-order valence-electron chi connectivity index (χ0n) is 31.3. The molecule has 0 saturated heterocycles. The molecule has 3 aromatic heterocycles. The van der Waals surface area contributed by atoms with Crippen molar-refractivity contribution in [2.75, 3.05) is 0 Å². The molecule has 12 aromatic rings. The van der Waals surface area contributed by atoms with Gasteiger partial charge in [0.25, 0.3) is 0 Å². The molecule has 0 saturated carbocycles. The van der Waals surface area contributed by atoms with Gasteiger partial charge in [0.1, 0.15) is 0 Å². The SMILES string of the molecule is c1ccc(-c2nc(-c3ccccc3)nc(-c3ccc(-n4c5cc6ccccc6cc5c5cccc(-n6c7ccccc7c7cc8ccccc8cc76)c54)cc3)n2)cc1. The van der Waals surface area contributed by atoms with E-state index >= 15 is 0 Å². The van der Waals surface area contributed by atoms with Crippen LogP contribution in [0.4, 0.5) is 0 Å². The van der Waals surface area contributed by atoms with Crippen molar-refractivity contribution in [3.63, 3.8) is 0 Å². The normalized spacial score (nSPS) is 11.8. The summed E-state index contributed by atoms with van der Waals surface area (Å²) in [5.41, 5.74) is 9.65. The fraction of sp³-hybridized carbons (Fsp3) is 0. The molecule has 0 aliphatic heterocycles. The highest BCUT2D eigenvalue weighted by atomic mass is 15.1. The van der Waals surface area contributed by atoms with Crippen LogP contribution in [0.2, 0.25) is 0 Å². The van der Waals surface area contributed by atoms with E-state index in [2.05, 4.69) is 149 Å². The second-order valence-corrected chi connectivity index (χ2v) is 14.9. The molecule has 0 spiro atoms. The second-order valence-electron chi connectivity index (χ2n) is 14.9. The third-order valence-corrected chi connectivity index (χ3v) is 11.5. The van der Waals surface area contributed by atoms with Crippen LogP contribution >= 0.6 is 0 Å². The molecule has 0 atom stereocenters. The van der Waals surface area contributed by atoms with Crippen LogP contribution in [0.1, 0.15) is 0 Å². The summed E-state index contributed by atoms with van der Waals surface area (Å²) in [4.78, 5) is 15.0. The Morgan fingerprint density at radius 3 is 1.33 bits per heavy atom. The number of fused-ring (bicyclic) bond motifs is 8. The van der Waals surface area contributed by atoms with Gasteiger partial charge < -0.3 is 9.13 Å². The first-order chi connectivity index (χ1) is 28.7. The summed E-state index contributed by atoms with van der Waals surface area (Å²) in [7, 11) is 0. The van der Waals surface area contributed by atoms with Crippen LogP contribution in [-0.4, -0.2) is 24.1 Å². The van der Waals surface area contributed by atoms with E-state index in [1.54, 1.807) is 0 Å². The molecule has 12 rings (SSSR count). The molecule has 0 unspecified atom stereocenters. The van der Waals surface area contributed by atoms with Crippen molar-refractivity contribution in [1.29, 1.82) is 0 Å². The Labute approximate surface area is 333 Å². The molecule has 0 aliphatic rings. The number of benzene rings is 9. The molecule has 58 heavy (non-hydrogen) atoms. The Bertz CT molecular complexity index is 3490. The standard InChI is InChI=1S/C53H33N5/c1-3-14-34(15-4-1)51-54-52(35-16-5-2-6-17-35)56-53(55-51)36-26-28-41(29-27-36)57-48-32-39-20-9-8-19-38(39)31-45(48)43-23-13-25-47(50(43)57)58-46-24-12-11-22-42(46)44-30-37-18-7-10-21-40(37)33-49(44)58/h1-33H. The van der Waals surface area contributed by atoms with Gasteiger partial charge in [0, 0.05) is 43.9 Å². The number of nitrogens with zero attached hydrogens (tertiary/aromatic N) is 5. The first-order valence-electron chi connectivity index (χ1n) is 19.6. The van der Waals surface area contributed by atoms with Crippen molar-refractivity contribution in [2.24, 2.45) is 0 Å². The quantitative estimate of drug-likeness (QED) is 0.177. The Kier molecular flexibility index (Phi) is 7.16. The van der Waals surface area contributed by atoms with Crippen molar-refractivity contribution < 1.29 is 0 Å². The summed E-state index contributed by atoms with van der Waals surface area (Å²) in [6.45, 7) is 0. The lowest BCUT2D eigenvalue weighted by atomic mass is 10.1. The number of para-hydroxylation sites is 2. The summed E-state index contributed by atoms with van der Waals surface area (Å²) in [5.74, 6) is 1.92. The number of aromatic nitrogens is 5. The van der Waals surface area contributed by atoms with Gasteiger partial charge in [0.15, 0.2) is 17.5 Å². The van der Waals surface area contributed by atoms with Crippen LogP contribution in [0.3, 0.4) is 0 Å². The third kappa shape index (κ3) is 5.07. The van der Waals surface area contributed by atoms with Gasteiger partial charge in [-0.05, 0) is 82.2 Å². The van der Waals surface area contributed by atoms with Gasteiger partial charge >= 0.3 is 0 Å². The van der Waals surface area contributed by atoms with E-state index in [9.17, 15) is 0 Å². The Morgan fingerprint density at radius 2 is 0.741 bits per heavy atom. The maximum atomic E-state index is 5.02. The smallest absolute Gasteiger partial charge is 0.164 e. The molecular formula is C53H33N5. The van der Waals surface area contributed by atoms with E-state index in [-0.39, 0.29) is 0 Å². The van der Waals surface area contributed by atoms with Gasteiger partial charge in [-0.25, -0.2) is 15.0 Å². The van der Waals surface area contributed by atoms with Crippen molar-refractivity contribution in [1.82, 2.24) is 24.1 Å². The fourth-order valence-corrected chi connectivity index (χ4v) is 8.79. The molecule has 5 nitrogen and oxygen atoms in total. The summed E-state index contributed by atoms with van der Waals surface area (Å²) in [6.07, 6.45) is 0. The average molecular weight is 740 g/mol. The Balaban J connectivity index is 1.11. The highest BCUT2D eigenvalue weighted by Crippen LogP contribution is 2.42. The topological polar surface area (TPSA) is 48.5 Å². The molecule has 0 amide bonds. The zero-order valence-corrected chi connectivity index (χ0v) is 31.3. The second kappa shape index (κ2) is 12.8. The zero-order chi connectivity index (χ0) is 38.2. The molecule has 0 radical (unpaired) electrons. The molecule has 3 heterocycles. The van der Waals surface area contributed by atoms with E-state index in [0.717, 1.165) is 39.1 Å². The largest absolute Gasteiger partial charge is 0.307 e. The van der Waals surface area contributed by atoms with Gasteiger partial charge in [-0.2, -0.15) is 0 Å². The van der Waals surface area contributed by atoms with Gasteiger partial charge in [-0.15, -0.1) is 0 Å². The van der Waals surface area contributed by atoms with Crippen LogP contribution in [0, 0.1) is 0 Å². The lowest BCUT2D eigenvalue weighted by molar-refractivity contribution is 1.07. The van der Waals surface area contributed by atoms with Crippen molar-refractivity contribution >= 4 is 65.2 Å². The van der Waals surface area contributed by atoms with Gasteiger partial charge in [0.2, 0.25) is 0 Å². The van der Waals surface area contributed by atoms with Gasteiger partial charge in [-0.1, -0.05) is 140 Å². The van der Waals surface area contributed by atoms with Gasteiger partial charge in [0.05, 0.1) is 27.8 Å². The molecule has 9 aromatic carbocycles. The molecule has 0 bridgehead atoms. The molecular weight excluding hydrogens is 707 g/mol. The third-order valence-electron chi connectivity index (χ3n) is 11.5. The van der Waals surface area contributed by atoms with E-state index in [1.165, 1.54) is 54.1 Å². The number of rotatable bonds is 5. The Hall–Kier alpha value is -7.89. The first-order valence-corrected chi connectivity index (χ1v) is 19.6. The molecule has 270 valence electrons. The lowest BCUT2D eigenvalue weighted by Gasteiger charge is -2.15. The van der Waals surface area contributed by atoms with Crippen molar-refractivity contribution in [2.45, 2.75) is 0 Å². The highest BCUT2D eigenvalue weighted by molar-refractivity contribution is 6.18. The molecule has 0 aliphatic carbocycles. The minimum Gasteiger partial charge on any atom is -0.307 e. The summed E-state index contributed by atoms with van der Waals surface area (Å²) in [6, 6.07) is 71.1. The van der Waals surface area contributed by atoms with E-state index < -0.39 is 0 Å². The van der Waals surface area contributed by atoms with Crippen LogP contribution in [0.5, 0.6) is 0 Å². The van der Waals surface area contributed by atoms with Gasteiger partial charge in [-0.3, -0.25) is 0 Å². The highest BCUT2D eigenvalue weighted by Gasteiger charge is 2.21. The minimum atomic E-state index is 0.630. The average Bonchev–Trinajstić information content (AvgIpc) is 3.79. The molecule has 0 fully saturated rings. The van der Waals surface area contributed by atoms with Crippen molar-refractivity contribution in [3.8, 4) is 45.5 Å². The summed E-state index contributed by atoms with van der Waals surface area (Å²) < 4.78 is 4.90. The predicted molar refractivity (Wildman–Crippen MR) is 240 cm³/mol.